The van der Waals surface area contributed by atoms with E-state index in [9.17, 15) is 13.0 Å². The number of fused-ring (bicyclic) bond motifs is 1. The molecule has 1 heterocycles. The molecule has 0 saturated heterocycles. The highest BCUT2D eigenvalue weighted by atomic mass is 32.2. The van der Waals surface area contributed by atoms with E-state index in [1.165, 1.54) is 6.07 Å². The maximum atomic E-state index is 11.5. The monoisotopic (exact) mass is 399 g/mol. The molecule has 0 spiro atoms. The van der Waals surface area contributed by atoms with E-state index in [1.807, 2.05) is 80.2 Å². The minimum Gasteiger partial charge on any atom is -0.362 e. The Hall–Kier alpha value is -2.70. The Morgan fingerprint density at radius 1 is 1.07 bits per heavy atom. The predicted molar refractivity (Wildman–Crippen MR) is 115 cm³/mol. The number of nitrogens with zero attached hydrogens (tertiary/aromatic N) is 1. The average Bonchev–Trinajstić information content (AvgIpc) is 2.81. The van der Waals surface area contributed by atoms with Gasteiger partial charge in [0.25, 0.3) is 10.1 Å². The van der Waals surface area contributed by atoms with Crippen molar-refractivity contribution in [2.75, 3.05) is 12.4 Å². The lowest BCUT2D eigenvalue weighted by Gasteiger charge is -2.15. The normalized spacial score (nSPS) is 15.7. The van der Waals surface area contributed by atoms with Gasteiger partial charge < -0.3 is 5.32 Å². The van der Waals surface area contributed by atoms with Gasteiger partial charge >= 0.3 is 0 Å². The highest BCUT2D eigenvalue weighted by molar-refractivity contribution is 7.85. The molecular weight excluding hydrogens is 372 g/mol. The molecule has 148 valence electrons. The maximum absolute atomic E-state index is 11.5. The highest BCUT2D eigenvalue weighted by Crippen LogP contribution is 2.40. The van der Waals surface area contributed by atoms with Crippen molar-refractivity contribution in [1.82, 2.24) is 0 Å². The smallest absolute Gasteiger partial charge is 0.294 e. The lowest BCUT2D eigenvalue weighted by molar-refractivity contribution is -0.401. The summed E-state index contributed by atoms with van der Waals surface area (Å²) in [6.45, 7) is 4.07. The molecule has 0 radical (unpaired) electrons. The minimum atomic E-state index is -4.23. The van der Waals surface area contributed by atoms with Crippen molar-refractivity contribution in [3.8, 4) is 0 Å². The summed E-state index contributed by atoms with van der Waals surface area (Å²) in [5.41, 5.74) is 3.46. The Balaban J connectivity index is 0.00000280. The number of anilines is 1. The van der Waals surface area contributed by atoms with Crippen molar-refractivity contribution in [2.45, 2.75) is 31.6 Å². The van der Waals surface area contributed by atoms with E-state index in [2.05, 4.69) is 5.32 Å². The lowest BCUT2D eigenvalue weighted by atomic mass is 9.81. The van der Waals surface area contributed by atoms with Crippen LogP contribution in [0.15, 0.2) is 77.9 Å². The van der Waals surface area contributed by atoms with Gasteiger partial charge in [-0.2, -0.15) is 13.0 Å². The molecule has 0 aromatic heterocycles. The first-order chi connectivity index (χ1) is 12.7. The van der Waals surface area contributed by atoms with Crippen LogP contribution in [0.25, 0.3) is 0 Å². The van der Waals surface area contributed by atoms with Crippen molar-refractivity contribution in [1.29, 1.82) is 0 Å². The van der Waals surface area contributed by atoms with E-state index in [0.717, 1.165) is 22.6 Å². The fourth-order valence-electron chi connectivity index (χ4n) is 3.36. The van der Waals surface area contributed by atoms with Crippen LogP contribution >= 0.6 is 0 Å². The van der Waals surface area contributed by atoms with Crippen LogP contribution in [0, 0.1) is 0 Å². The zero-order chi connectivity index (χ0) is 19.7. The van der Waals surface area contributed by atoms with Gasteiger partial charge in [0.15, 0.2) is 5.71 Å². The maximum Gasteiger partial charge on any atom is 0.294 e. The first kappa shape index (κ1) is 21.6. The van der Waals surface area contributed by atoms with Gasteiger partial charge in [0.05, 0.1) is 10.3 Å². The molecular formula is C22H27N2O3S+. The summed E-state index contributed by atoms with van der Waals surface area (Å²) in [7, 11) is -2.27. The van der Waals surface area contributed by atoms with E-state index >= 15 is 0 Å². The summed E-state index contributed by atoms with van der Waals surface area (Å²) in [5, 5.41) is 3.19. The fourth-order valence-corrected chi connectivity index (χ4v) is 3.86. The largest absolute Gasteiger partial charge is 0.362 e. The molecule has 0 fully saturated rings. The van der Waals surface area contributed by atoms with Gasteiger partial charge in [-0.1, -0.05) is 31.7 Å². The second kappa shape index (κ2) is 8.12. The zero-order valence-electron chi connectivity index (χ0n) is 15.5. The molecule has 6 heteroatoms. The van der Waals surface area contributed by atoms with Gasteiger partial charge in [-0.15, -0.1) is 0 Å². The number of allylic oxidation sites excluding steroid dienone is 3. The lowest BCUT2D eigenvalue weighted by Crippen LogP contribution is -2.26. The van der Waals surface area contributed by atoms with Crippen LogP contribution in [0.3, 0.4) is 0 Å². The zero-order valence-corrected chi connectivity index (χ0v) is 16.4. The first-order valence-electron chi connectivity index (χ1n) is 8.59. The summed E-state index contributed by atoms with van der Waals surface area (Å²) < 4.78 is 34.3. The van der Waals surface area contributed by atoms with Crippen molar-refractivity contribution in [3.63, 3.8) is 0 Å². The molecule has 0 bridgehead atoms. The predicted octanol–water partition coefficient (Wildman–Crippen LogP) is 4.76. The summed E-state index contributed by atoms with van der Waals surface area (Å²) >= 11 is 0. The Bertz CT molecular complexity index is 1050. The van der Waals surface area contributed by atoms with Gasteiger partial charge in [0.2, 0.25) is 5.69 Å². The first-order valence-corrected chi connectivity index (χ1v) is 10.0. The van der Waals surface area contributed by atoms with Crippen LogP contribution in [-0.2, 0) is 15.5 Å². The molecule has 3 rings (SSSR count). The number of para-hydroxylation sites is 1. The molecule has 0 unspecified atom stereocenters. The third kappa shape index (κ3) is 4.24. The molecule has 5 nitrogen and oxygen atoms in total. The van der Waals surface area contributed by atoms with E-state index in [4.69, 9.17) is 0 Å². The Labute approximate surface area is 167 Å². The molecule has 2 aromatic rings. The van der Waals surface area contributed by atoms with Gasteiger partial charge in [0.1, 0.15) is 7.05 Å². The van der Waals surface area contributed by atoms with Crippen LogP contribution in [0.2, 0.25) is 0 Å². The topological polar surface area (TPSA) is 69.4 Å². The Kier molecular flexibility index (Phi) is 6.27. The fraction of sp³-hybridized carbons (Fsp3) is 0.227. The minimum absolute atomic E-state index is 0. The highest BCUT2D eigenvalue weighted by Gasteiger charge is 2.43. The average molecular weight is 400 g/mol. The molecule has 0 atom stereocenters. The molecule has 0 aliphatic carbocycles. The van der Waals surface area contributed by atoms with Gasteiger partial charge in [-0.3, -0.25) is 4.55 Å². The van der Waals surface area contributed by atoms with Crippen LogP contribution in [-0.4, -0.2) is 30.3 Å². The number of hydrogen-bond donors (Lipinski definition) is 2. The summed E-state index contributed by atoms with van der Waals surface area (Å²) in [5.74, 6) is 0. The van der Waals surface area contributed by atoms with E-state index < -0.39 is 10.1 Å². The molecule has 1 aliphatic rings. The summed E-state index contributed by atoms with van der Waals surface area (Å²) in [6, 6.07) is 14.6. The number of nitrogens with one attached hydrogen (secondary N) is 1. The van der Waals surface area contributed by atoms with Gasteiger partial charge in [-0.05, 0) is 44.2 Å². The second-order valence-electron chi connectivity index (χ2n) is 6.95. The van der Waals surface area contributed by atoms with Crippen LogP contribution < -0.4 is 5.32 Å². The van der Waals surface area contributed by atoms with Crippen LogP contribution in [0.5, 0.6) is 0 Å². The SMILES string of the molecule is C.C[N+]1=C(/C=C/C=C/Nc2ccccc2)C(C)(C)c2cc(S(=O)(=O)O)ccc21. The molecule has 2 N–H and O–H groups in total. The Morgan fingerprint density at radius 2 is 1.75 bits per heavy atom. The van der Waals surface area contributed by atoms with Crippen molar-refractivity contribution in [3.05, 3.63) is 78.5 Å². The third-order valence-corrected chi connectivity index (χ3v) is 5.64. The molecule has 2 aromatic carbocycles. The Morgan fingerprint density at radius 3 is 2.39 bits per heavy atom. The van der Waals surface area contributed by atoms with Crippen molar-refractivity contribution < 1.29 is 17.5 Å². The number of benzene rings is 2. The third-order valence-electron chi connectivity index (χ3n) is 4.79. The summed E-state index contributed by atoms with van der Waals surface area (Å²) in [4.78, 5) is -0.0834. The number of rotatable bonds is 5. The quantitative estimate of drug-likeness (QED) is 0.432. The van der Waals surface area contributed by atoms with Crippen molar-refractivity contribution >= 4 is 27.2 Å². The van der Waals surface area contributed by atoms with Gasteiger partial charge in [-0.25, -0.2) is 0 Å². The summed E-state index contributed by atoms with van der Waals surface area (Å²) in [6.07, 6.45) is 7.73. The number of hydrogen-bond acceptors (Lipinski definition) is 3. The van der Waals surface area contributed by atoms with Crippen LogP contribution in [0.1, 0.15) is 26.8 Å². The standard InChI is InChI=1S/C21H22N2O3S.CH4/c1-21(2)18-15-17(27(24,25)26)12-13-19(18)23(3)20(21)11-7-8-14-22-16-9-5-4-6-10-16;/h4-15H,1-3H3,(H,24,25,26);1H4/p+1. The van der Waals surface area contributed by atoms with Crippen LogP contribution in [0.4, 0.5) is 11.4 Å². The molecule has 28 heavy (non-hydrogen) atoms. The molecule has 0 amide bonds. The van der Waals surface area contributed by atoms with Gasteiger partial charge in [0, 0.05) is 29.6 Å². The van der Waals surface area contributed by atoms with E-state index in [-0.39, 0.29) is 17.7 Å². The second-order valence-corrected chi connectivity index (χ2v) is 8.37. The van der Waals surface area contributed by atoms with Crippen molar-refractivity contribution in [2.24, 2.45) is 0 Å². The van der Waals surface area contributed by atoms with E-state index in [0.29, 0.717) is 0 Å². The van der Waals surface area contributed by atoms with E-state index in [1.54, 1.807) is 12.1 Å². The molecule has 1 aliphatic heterocycles. The molecule has 0 saturated carbocycles.